The molecule has 1 aromatic heterocycles. The Bertz CT molecular complexity index is 508. The lowest BCUT2D eigenvalue weighted by Crippen LogP contribution is -2.03. The molecule has 0 saturated heterocycles. The zero-order valence-corrected chi connectivity index (χ0v) is 9.66. The van der Waals surface area contributed by atoms with Gasteiger partial charge in [0.15, 0.2) is 0 Å². The summed E-state index contributed by atoms with van der Waals surface area (Å²) < 4.78 is 1.05. The Morgan fingerprint density at radius 3 is 2.93 bits per heavy atom. The van der Waals surface area contributed by atoms with Gasteiger partial charge in [-0.3, -0.25) is 0 Å². The maximum atomic E-state index is 4.28. The van der Waals surface area contributed by atoms with Gasteiger partial charge >= 0.3 is 0 Å². The lowest BCUT2D eigenvalue weighted by Gasteiger charge is -2.06. The minimum Gasteiger partial charge on any atom is -0.367 e. The Morgan fingerprint density at radius 2 is 2.13 bits per heavy atom. The van der Waals surface area contributed by atoms with Crippen LogP contribution in [0.2, 0.25) is 0 Å². The first-order chi connectivity index (χ1) is 7.33. The van der Waals surface area contributed by atoms with E-state index in [-0.39, 0.29) is 0 Å². The molecule has 3 rings (SSSR count). The summed E-state index contributed by atoms with van der Waals surface area (Å²) in [7, 11) is 0. The van der Waals surface area contributed by atoms with Gasteiger partial charge in [0.1, 0.15) is 12.1 Å². The zero-order chi connectivity index (χ0) is 10.3. The molecule has 76 valence electrons. The van der Waals surface area contributed by atoms with E-state index < -0.39 is 0 Å². The summed E-state index contributed by atoms with van der Waals surface area (Å²) in [6, 6.07) is 6.69. The lowest BCUT2D eigenvalue weighted by molar-refractivity contribution is 1.10. The maximum absolute atomic E-state index is 4.28. The summed E-state index contributed by atoms with van der Waals surface area (Å²) >= 11 is 3.44. The van der Waals surface area contributed by atoms with Crippen LogP contribution in [-0.4, -0.2) is 16.0 Å². The van der Waals surface area contributed by atoms with E-state index in [9.17, 15) is 0 Å². The SMILES string of the molecule is Brc1ccc2c(NC3CC3)ncnc2c1. The van der Waals surface area contributed by atoms with Crippen molar-refractivity contribution in [1.29, 1.82) is 0 Å². The van der Waals surface area contributed by atoms with Crippen LogP contribution in [0.15, 0.2) is 29.0 Å². The van der Waals surface area contributed by atoms with E-state index in [0.717, 1.165) is 21.2 Å². The number of nitrogens with one attached hydrogen (secondary N) is 1. The van der Waals surface area contributed by atoms with Gasteiger partial charge in [0, 0.05) is 15.9 Å². The largest absolute Gasteiger partial charge is 0.367 e. The molecular formula is C11H10BrN3. The molecule has 0 spiro atoms. The fourth-order valence-electron chi connectivity index (χ4n) is 1.57. The van der Waals surface area contributed by atoms with E-state index >= 15 is 0 Å². The second kappa shape index (κ2) is 3.45. The van der Waals surface area contributed by atoms with Gasteiger partial charge in [-0.05, 0) is 31.0 Å². The van der Waals surface area contributed by atoms with Gasteiger partial charge in [0.25, 0.3) is 0 Å². The number of nitrogens with zero attached hydrogens (tertiary/aromatic N) is 2. The highest BCUT2D eigenvalue weighted by Crippen LogP contribution is 2.28. The van der Waals surface area contributed by atoms with E-state index in [1.807, 2.05) is 18.2 Å². The first-order valence-corrected chi connectivity index (χ1v) is 5.79. The molecule has 0 atom stereocenters. The Hall–Kier alpha value is -1.16. The van der Waals surface area contributed by atoms with Crippen molar-refractivity contribution in [3.63, 3.8) is 0 Å². The fourth-order valence-corrected chi connectivity index (χ4v) is 1.92. The van der Waals surface area contributed by atoms with E-state index in [1.54, 1.807) is 6.33 Å². The highest BCUT2D eigenvalue weighted by Gasteiger charge is 2.22. The van der Waals surface area contributed by atoms with Gasteiger partial charge < -0.3 is 5.32 Å². The fraction of sp³-hybridized carbons (Fsp3) is 0.273. The van der Waals surface area contributed by atoms with Crippen LogP contribution in [0.4, 0.5) is 5.82 Å². The zero-order valence-electron chi connectivity index (χ0n) is 8.07. The van der Waals surface area contributed by atoms with Crippen LogP contribution < -0.4 is 5.32 Å². The molecule has 1 aliphatic rings. The number of anilines is 1. The Morgan fingerprint density at radius 1 is 1.27 bits per heavy atom. The standard InChI is InChI=1S/C11H10BrN3/c12-7-1-4-9-10(5-7)13-6-14-11(9)15-8-2-3-8/h1,4-6,8H,2-3H2,(H,13,14,15). The molecule has 4 heteroatoms. The third-order valence-corrected chi connectivity index (χ3v) is 3.01. The molecule has 15 heavy (non-hydrogen) atoms. The van der Waals surface area contributed by atoms with Crippen molar-refractivity contribution < 1.29 is 0 Å². The third kappa shape index (κ3) is 1.81. The van der Waals surface area contributed by atoms with Gasteiger partial charge in [-0.15, -0.1) is 0 Å². The quantitative estimate of drug-likeness (QED) is 0.906. The maximum Gasteiger partial charge on any atom is 0.137 e. The van der Waals surface area contributed by atoms with Crippen molar-refractivity contribution in [2.45, 2.75) is 18.9 Å². The van der Waals surface area contributed by atoms with Crippen LogP contribution in [0, 0.1) is 0 Å². The highest BCUT2D eigenvalue weighted by molar-refractivity contribution is 9.10. The predicted octanol–water partition coefficient (Wildman–Crippen LogP) is 2.97. The number of hydrogen-bond acceptors (Lipinski definition) is 3. The van der Waals surface area contributed by atoms with E-state index in [4.69, 9.17) is 0 Å². The van der Waals surface area contributed by atoms with Crippen molar-refractivity contribution >= 4 is 32.7 Å². The second-order valence-electron chi connectivity index (χ2n) is 3.80. The smallest absolute Gasteiger partial charge is 0.137 e. The molecule has 0 unspecified atom stereocenters. The average molecular weight is 264 g/mol. The van der Waals surface area contributed by atoms with Crippen molar-refractivity contribution in [3.8, 4) is 0 Å². The molecule has 1 aliphatic carbocycles. The Labute approximate surface area is 96.1 Å². The number of hydrogen-bond donors (Lipinski definition) is 1. The monoisotopic (exact) mass is 263 g/mol. The molecule has 0 amide bonds. The molecule has 2 aromatic rings. The first-order valence-electron chi connectivity index (χ1n) is 5.00. The molecule has 0 radical (unpaired) electrons. The molecule has 0 bridgehead atoms. The number of rotatable bonds is 2. The lowest BCUT2D eigenvalue weighted by atomic mass is 10.2. The molecule has 1 aromatic carbocycles. The molecule has 0 aliphatic heterocycles. The van der Waals surface area contributed by atoms with E-state index in [0.29, 0.717) is 6.04 Å². The minimum absolute atomic E-state index is 0.617. The summed E-state index contributed by atoms with van der Waals surface area (Å²) in [6.45, 7) is 0. The van der Waals surface area contributed by atoms with Crippen LogP contribution >= 0.6 is 15.9 Å². The third-order valence-electron chi connectivity index (χ3n) is 2.52. The Kier molecular flexibility index (Phi) is 2.09. The summed E-state index contributed by atoms with van der Waals surface area (Å²) in [5.41, 5.74) is 0.975. The molecule has 3 nitrogen and oxygen atoms in total. The summed E-state index contributed by atoms with van der Waals surface area (Å²) in [6.07, 6.45) is 4.11. The van der Waals surface area contributed by atoms with Gasteiger partial charge in [0.2, 0.25) is 0 Å². The first kappa shape index (κ1) is 9.09. The molecule has 1 fully saturated rings. The molecule has 1 N–H and O–H groups in total. The number of halogens is 1. The van der Waals surface area contributed by atoms with Crippen LogP contribution in [0.5, 0.6) is 0 Å². The predicted molar refractivity (Wildman–Crippen MR) is 63.9 cm³/mol. The van der Waals surface area contributed by atoms with Crippen molar-refractivity contribution in [2.75, 3.05) is 5.32 Å². The number of aromatic nitrogens is 2. The summed E-state index contributed by atoms with van der Waals surface area (Å²) in [4.78, 5) is 8.53. The summed E-state index contributed by atoms with van der Waals surface area (Å²) in [5.74, 6) is 0.954. The topological polar surface area (TPSA) is 37.8 Å². The van der Waals surface area contributed by atoms with Crippen LogP contribution in [0.25, 0.3) is 10.9 Å². The number of benzene rings is 1. The van der Waals surface area contributed by atoms with Crippen molar-refractivity contribution in [1.82, 2.24) is 9.97 Å². The van der Waals surface area contributed by atoms with Crippen LogP contribution in [0.1, 0.15) is 12.8 Å². The van der Waals surface area contributed by atoms with Crippen LogP contribution in [-0.2, 0) is 0 Å². The second-order valence-corrected chi connectivity index (χ2v) is 4.72. The normalized spacial score (nSPS) is 15.5. The molecular weight excluding hydrogens is 254 g/mol. The summed E-state index contributed by atoms with van der Waals surface area (Å²) in [5, 5.41) is 4.50. The van der Waals surface area contributed by atoms with Crippen molar-refractivity contribution in [2.24, 2.45) is 0 Å². The van der Waals surface area contributed by atoms with Crippen LogP contribution in [0.3, 0.4) is 0 Å². The van der Waals surface area contributed by atoms with Gasteiger partial charge in [-0.25, -0.2) is 9.97 Å². The van der Waals surface area contributed by atoms with E-state index in [1.165, 1.54) is 12.8 Å². The minimum atomic E-state index is 0.617. The van der Waals surface area contributed by atoms with Gasteiger partial charge in [-0.2, -0.15) is 0 Å². The Balaban J connectivity index is 2.12. The van der Waals surface area contributed by atoms with Crippen molar-refractivity contribution in [3.05, 3.63) is 29.0 Å². The number of fused-ring (bicyclic) bond motifs is 1. The van der Waals surface area contributed by atoms with Gasteiger partial charge in [-0.1, -0.05) is 15.9 Å². The molecule has 1 saturated carbocycles. The molecule has 1 heterocycles. The average Bonchev–Trinajstić information content (AvgIpc) is 3.01. The van der Waals surface area contributed by atoms with E-state index in [2.05, 4.69) is 31.2 Å². The highest BCUT2D eigenvalue weighted by atomic mass is 79.9. The van der Waals surface area contributed by atoms with Gasteiger partial charge in [0.05, 0.1) is 5.52 Å².